The Hall–Kier alpha value is -0.900. The van der Waals surface area contributed by atoms with Crippen LogP contribution >= 0.6 is 0 Å². The molecule has 0 bridgehead atoms. The third-order valence-electron chi connectivity index (χ3n) is 3.61. The summed E-state index contributed by atoms with van der Waals surface area (Å²) in [4.78, 5) is 4.68. The van der Waals surface area contributed by atoms with Gasteiger partial charge >= 0.3 is 0 Å². The maximum atomic E-state index is 5.82. The van der Waals surface area contributed by atoms with E-state index in [2.05, 4.69) is 17.0 Å². The molecule has 2 unspecified atom stereocenters. The highest BCUT2D eigenvalue weighted by Gasteiger charge is 2.31. The van der Waals surface area contributed by atoms with Gasteiger partial charge in [0.25, 0.3) is 0 Å². The van der Waals surface area contributed by atoms with Gasteiger partial charge in [-0.2, -0.15) is 5.10 Å². The van der Waals surface area contributed by atoms with Crippen molar-refractivity contribution in [1.29, 1.82) is 0 Å². The van der Waals surface area contributed by atoms with Crippen LogP contribution in [0.1, 0.15) is 50.2 Å². The van der Waals surface area contributed by atoms with Crippen LogP contribution in [0.25, 0.3) is 0 Å². The summed E-state index contributed by atoms with van der Waals surface area (Å²) in [5, 5.41) is 4.48. The maximum Gasteiger partial charge on any atom is 0.150 e. The fraction of sp³-hybridized carbons (Fsp3) is 0.833. The van der Waals surface area contributed by atoms with Gasteiger partial charge in [-0.3, -0.25) is 4.68 Å². The van der Waals surface area contributed by atoms with Crippen LogP contribution < -0.4 is 5.73 Å². The lowest BCUT2D eigenvalue weighted by Crippen LogP contribution is -2.19. The first-order valence-corrected chi connectivity index (χ1v) is 6.36. The van der Waals surface area contributed by atoms with Gasteiger partial charge < -0.3 is 5.73 Å². The highest BCUT2D eigenvalue weighted by Crippen LogP contribution is 2.37. The molecule has 90 valence electrons. The lowest BCUT2D eigenvalue weighted by atomic mass is 9.95. The predicted octanol–water partition coefficient (Wildman–Crippen LogP) is 1.61. The van der Waals surface area contributed by atoms with Crippen molar-refractivity contribution in [3.05, 3.63) is 11.6 Å². The first-order valence-electron chi connectivity index (χ1n) is 6.36. The van der Waals surface area contributed by atoms with Crippen molar-refractivity contribution >= 4 is 0 Å². The van der Waals surface area contributed by atoms with Crippen molar-refractivity contribution in [2.24, 2.45) is 18.7 Å². The fourth-order valence-corrected chi connectivity index (χ4v) is 2.76. The van der Waals surface area contributed by atoms with Gasteiger partial charge in [0.15, 0.2) is 5.82 Å². The summed E-state index contributed by atoms with van der Waals surface area (Å²) in [5.74, 6) is 3.28. The third kappa shape index (κ3) is 2.12. The van der Waals surface area contributed by atoms with Gasteiger partial charge in [0.2, 0.25) is 0 Å². The minimum atomic E-state index is 0.535. The van der Waals surface area contributed by atoms with Crippen LogP contribution in [0.15, 0.2) is 0 Å². The largest absolute Gasteiger partial charge is 0.330 e. The van der Waals surface area contributed by atoms with E-state index in [0.29, 0.717) is 11.8 Å². The lowest BCUT2D eigenvalue weighted by molar-refractivity contribution is 0.460. The number of nitrogens with two attached hydrogens (primary N) is 1. The first-order chi connectivity index (χ1) is 7.76. The second-order valence-corrected chi connectivity index (χ2v) is 4.79. The zero-order valence-electron chi connectivity index (χ0n) is 10.3. The van der Waals surface area contributed by atoms with Crippen LogP contribution in [-0.4, -0.2) is 21.3 Å². The summed E-state index contributed by atoms with van der Waals surface area (Å²) < 4.78 is 1.96. The number of aromatic nitrogens is 3. The van der Waals surface area contributed by atoms with E-state index in [1.165, 1.54) is 19.3 Å². The van der Waals surface area contributed by atoms with Gasteiger partial charge in [0, 0.05) is 19.4 Å². The molecule has 0 spiro atoms. The van der Waals surface area contributed by atoms with Gasteiger partial charge in [-0.05, 0) is 31.7 Å². The molecular weight excluding hydrogens is 200 g/mol. The van der Waals surface area contributed by atoms with Gasteiger partial charge in [-0.25, -0.2) is 4.98 Å². The molecule has 1 aliphatic carbocycles. The molecule has 1 aromatic heterocycles. The predicted molar refractivity (Wildman–Crippen MR) is 64.1 cm³/mol. The van der Waals surface area contributed by atoms with Gasteiger partial charge in [-0.15, -0.1) is 0 Å². The lowest BCUT2D eigenvalue weighted by Gasteiger charge is -2.16. The summed E-state index contributed by atoms with van der Waals surface area (Å²) in [6.07, 6.45) is 5.84. The summed E-state index contributed by atoms with van der Waals surface area (Å²) in [6, 6.07) is 0. The summed E-state index contributed by atoms with van der Waals surface area (Å²) in [5.41, 5.74) is 5.82. The van der Waals surface area contributed by atoms with Crippen molar-refractivity contribution < 1.29 is 0 Å². The molecule has 0 aromatic carbocycles. The maximum absolute atomic E-state index is 5.82. The summed E-state index contributed by atoms with van der Waals surface area (Å²) >= 11 is 0. The normalized spacial score (nSPS) is 25.2. The Balaban J connectivity index is 2.18. The Morgan fingerprint density at radius 3 is 2.94 bits per heavy atom. The second kappa shape index (κ2) is 4.95. The Labute approximate surface area is 97.2 Å². The minimum Gasteiger partial charge on any atom is -0.330 e. The summed E-state index contributed by atoms with van der Waals surface area (Å²) in [6.45, 7) is 2.94. The second-order valence-electron chi connectivity index (χ2n) is 4.79. The molecule has 2 rings (SSSR count). The van der Waals surface area contributed by atoms with Gasteiger partial charge in [-0.1, -0.05) is 13.3 Å². The number of nitrogens with zero attached hydrogens (tertiary/aromatic N) is 3. The van der Waals surface area contributed by atoms with Crippen LogP contribution in [0.4, 0.5) is 0 Å². The topological polar surface area (TPSA) is 56.7 Å². The van der Waals surface area contributed by atoms with Crippen molar-refractivity contribution in [2.45, 2.75) is 44.9 Å². The van der Waals surface area contributed by atoms with E-state index in [-0.39, 0.29) is 0 Å². The molecule has 1 saturated carbocycles. The molecule has 1 aromatic rings. The van der Waals surface area contributed by atoms with E-state index >= 15 is 0 Å². The molecule has 4 heteroatoms. The Kier molecular flexibility index (Phi) is 3.59. The molecule has 0 aliphatic heterocycles. The Morgan fingerprint density at radius 2 is 2.25 bits per heavy atom. The van der Waals surface area contributed by atoms with Gasteiger partial charge in [0.05, 0.1) is 0 Å². The molecule has 2 atom stereocenters. The van der Waals surface area contributed by atoms with Crippen LogP contribution in [0.3, 0.4) is 0 Å². The minimum absolute atomic E-state index is 0.535. The quantitative estimate of drug-likeness (QED) is 0.842. The average molecular weight is 222 g/mol. The van der Waals surface area contributed by atoms with Crippen LogP contribution in [0, 0.1) is 5.92 Å². The highest BCUT2D eigenvalue weighted by molar-refractivity contribution is 5.05. The molecule has 16 heavy (non-hydrogen) atoms. The SMILES string of the molecule is CCCc1nc(C2CCCC2CN)n(C)n1. The Bertz CT molecular complexity index is 345. The van der Waals surface area contributed by atoms with E-state index in [9.17, 15) is 0 Å². The molecule has 1 aliphatic rings. The van der Waals surface area contributed by atoms with E-state index in [1.807, 2.05) is 11.7 Å². The van der Waals surface area contributed by atoms with E-state index < -0.39 is 0 Å². The van der Waals surface area contributed by atoms with E-state index in [0.717, 1.165) is 31.0 Å². The standard InChI is InChI=1S/C12H22N4/c1-3-5-11-14-12(16(2)15-11)10-7-4-6-9(10)8-13/h9-10H,3-8,13H2,1-2H3. The number of hydrogen-bond donors (Lipinski definition) is 1. The zero-order valence-corrected chi connectivity index (χ0v) is 10.3. The van der Waals surface area contributed by atoms with Crippen molar-refractivity contribution in [3.8, 4) is 0 Å². The highest BCUT2D eigenvalue weighted by atomic mass is 15.3. The monoisotopic (exact) mass is 222 g/mol. The van der Waals surface area contributed by atoms with Crippen LogP contribution in [-0.2, 0) is 13.5 Å². The van der Waals surface area contributed by atoms with Gasteiger partial charge in [0.1, 0.15) is 5.82 Å². The van der Waals surface area contributed by atoms with E-state index in [1.54, 1.807) is 0 Å². The molecule has 0 radical (unpaired) electrons. The first kappa shape index (κ1) is 11.6. The molecule has 2 N–H and O–H groups in total. The smallest absolute Gasteiger partial charge is 0.150 e. The molecule has 0 amide bonds. The fourth-order valence-electron chi connectivity index (χ4n) is 2.76. The average Bonchev–Trinajstić information content (AvgIpc) is 2.84. The molecule has 1 heterocycles. The van der Waals surface area contributed by atoms with E-state index in [4.69, 9.17) is 5.73 Å². The molecule has 4 nitrogen and oxygen atoms in total. The molecule has 1 fully saturated rings. The third-order valence-corrected chi connectivity index (χ3v) is 3.61. The zero-order chi connectivity index (χ0) is 11.5. The summed E-state index contributed by atoms with van der Waals surface area (Å²) in [7, 11) is 2.01. The number of aryl methyl sites for hydroxylation is 2. The molecule has 0 saturated heterocycles. The van der Waals surface area contributed by atoms with Crippen molar-refractivity contribution in [1.82, 2.24) is 14.8 Å². The Morgan fingerprint density at radius 1 is 1.44 bits per heavy atom. The number of hydrogen-bond acceptors (Lipinski definition) is 3. The van der Waals surface area contributed by atoms with Crippen molar-refractivity contribution in [3.63, 3.8) is 0 Å². The van der Waals surface area contributed by atoms with Crippen LogP contribution in [0.2, 0.25) is 0 Å². The molecular formula is C12H22N4. The number of rotatable bonds is 4. The van der Waals surface area contributed by atoms with Crippen molar-refractivity contribution in [2.75, 3.05) is 6.54 Å². The van der Waals surface area contributed by atoms with Crippen LogP contribution in [0.5, 0.6) is 0 Å².